The molecule has 1 amide bonds. The molecule has 4 rings (SSSR count). The molecule has 0 spiro atoms. The van der Waals surface area contributed by atoms with Crippen LogP contribution in [0, 0.1) is 0 Å². The van der Waals surface area contributed by atoms with E-state index in [1.807, 2.05) is 43.3 Å². The average molecular weight is 514 g/mol. The van der Waals surface area contributed by atoms with Crippen molar-refractivity contribution in [2.24, 2.45) is 0 Å². The van der Waals surface area contributed by atoms with Crippen LogP contribution >= 0.6 is 0 Å². The summed E-state index contributed by atoms with van der Waals surface area (Å²) in [6.45, 7) is 1.44. The topological polar surface area (TPSA) is 65.6 Å². The number of hydrogen-bond acceptors (Lipinski definition) is 5. The number of benzene rings is 2. The second kappa shape index (κ2) is 9.75. The standard InChI is InChI=1S/C24H24F6N4O2/c1-22(32-17-11-20(35)31-13-17)12-19(34(33-22)18-8-3-2-4-9-18)16-7-5-6-15(10-16)14-36-21(23(25,26)27)24(28,29)30/h2-10,12,17,21,32-33H,11,13-14H2,1H3,(H,31,35). The molecule has 2 aliphatic rings. The first-order valence-electron chi connectivity index (χ1n) is 11.1. The molecule has 1 saturated heterocycles. The number of nitrogens with one attached hydrogen (secondary N) is 3. The molecule has 0 radical (unpaired) electrons. The van der Waals surface area contributed by atoms with Gasteiger partial charge in [0.15, 0.2) is 0 Å². The molecule has 194 valence electrons. The Labute approximate surface area is 203 Å². The van der Waals surface area contributed by atoms with E-state index in [0.29, 0.717) is 24.2 Å². The van der Waals surface area contributed by atoms with Gasteiger partial charge in [0.1, 0.15) is 5.66 Å². The summed E-state index contributed by atoms with van der Waals surface area (Å²) in [6.07, 6.45) is -12.9. The number of anilines is 1. The molecule has 36 heavy (non-hydrogen) atoms. The van der Waals surface area contributed by atoms with Crippen LogP contribution in [0.2, 0.25) is 0 Å². The molecule has 6 nitrogen and oxygen atoms in total. The maximum Gasteiger partial charge on any atom is 0.423 e. The number of ether oxygens (including phenoxy) is 1. The molecule has 2 aromatic rings. The van der Waals surface area contributed by atoms with Crippen LogP contribution < -0.4 is 21.1 Å². The van der Waals surface area contributed by atoms with Crippen LogP contribution in [0.25, 0.3) is 5.70 Å². The zero-order valence-electron chi connectivity index (χ0n) is 19.1. The highest BCUT2D eigenvalue weighted by atomic mass is 19.4. The van der Waals surface area contributed by atoms with Crippen LogP contribution in [0.1, 0.15) is 24.5 Å². The number of carbonyl (C=O) groups is 1. The zero-order chi connectivity index (χ0) is 26.1. The van der Waals surface area contributed by atoms with E-state index in [1.165, 1.54) is 18.2 Å². The van der Waals surface area contributed by atoms with Crippen LogP contribution in [0.3, 0.4) is 0 Å². The van der Waals surface area contributed by atoms with Crippen molar-refractivity contribution < 1.29 is 35.9 Å². The summed E-state index contributed by atoms with van der Waals surface area (Å²) in [7, 11) is 0. The van der Waals surface area contributed by atoms with E-state index in [4.69, 9.17) is 0 Å². The molecular formula is C24H24F6N4O2. The van der Waals surface area contributed by atoms with Crippen LogP contribution in [0.4, 0.5) is 32.0 Å². The molecule has 1 fully saturated rings. The Hall–Kier alpha value is -3.09. The van der Waals surface area contributed by atoms with Gasteiger partial charge in [0.2, 0.25) is 12.0 Å². The lowest BCUT2D eigenvalue weighted by Crippen LogP contribution is -2.58. The summed E-state index contributed by atoms with van der Waals surface area (Å²) >= 11 is 0. The van der Waals surface area contributed by atoms with E-state index >= 15 is 0 Å². The Bertz CT molecular complexity index is 1110. The van der Waals surface area contributed by atoms with Gasteiger partial charge in [0.25, 0.3) is 0 Å². The Balaban J connectivity index is 1.61. The zero-order valence-corrected chi connectivity index (χ0v) is 19.1. The molecule has 2 atom stereocenters. The van der Waals surface area contributed by atoms with Crippen LogP contribution in [-0.4, -0.2) is 42.6 Å². The highest BCUT2D eigenvalue weighted by Gasteiger charge is 2.58. The van der Waals surface area contributed by atoms with E-state index in [0.717, 1.165) is 5.69 Å². The van der Waals surface area contributed by atoms with E-state index < -0.39 is 30.7 Å². The Kier molecular flexibility index (Phi) is 7.04. The second-order valence-corrected chi connectivity index (χ2v) is 8.84. The minimum atomic E-state index is -5.58. The average Bonchev–Trinajstić information content (AvgIpc) is 3.35. The summed E-state index contributed by atoms with van der Waals surface area (Å²) in [5, 5.41) is 7.91. The minimum absolute atomic E-state index is 0.0677. The van der Waals surface area contributed by atoms with Crippen molar-refractivity contribution in [2.45, 2.75) is 50.1 Å². The number of carbonyl (C=O) groups excluding carboxylic acids is 1. The third kappa shape index (κ3) is 6.00. The van der Waals surface area contributed by atoms with E-state index in [1.54, 1.807) is 11.1 Å². The first-order valence-corrected chi connectivity index (χ1v) is 11.1. The van der Waals surface area contributed by atoms with Gasteiger partial charge in [0, 0.05) is 19.0 Å². The van der Waals surface area contributed by atoms with Gasteiger partial charge < -0.3 is 10.1 Å². The van der Waals surface area contributed by atoms with E-state index in [2.05, 4.69) is 20.8 Å². The number of rotatable bonds is 7. The molecule has 2 unspecified atom stereocenters. The molecule has 3 N–H and O–H groups in total. The van der Waals surface area contributed by atoms with Crippen LogP contribution in [-0.2, 0) is 16.1 Å². The fourth-order valence-electron chi connectivity index (χ4n) is 4.24. The van der Waals surface area contributed by atoms with Gasteiger partial charge in [-0.1, -0.05) is 36.4 Å². The number of amides is 1. The molecule has 0 saturated carbocycles. The number of nitrogens with zero attached hydrogens (tertiary/aromatic N) is 1. The maximum atomic E-state index is 12.9. The number of alkyl halides is 6. The van der Waals surface area contributed by atoms with Gasteiger partial charge in [-0.15, -0.1) is 0 Å². The van der Waals surface area contributed by atoms with Crippen molar-refractivity contribution in [1.82, 2.24) is 16.1 Å². The fourth-order valence-corrected chi connectivity index (χ4v) is 4.24. The molecule has 0 bridgehead atoms. The molecular weight excluding hydrogens is 490 g/mol. The van der Waals surface area contributed by atoms with Crippen molar-refractivity contribution in [3.8, 4) is 0 Å². The summed E-state index contributed by atoms with van der Waals surface area (Å²) in [6, 6.07) is 15.2. The normalized spacial score (nSPS) is 22.8. The van der Waals surface area contributed by atoms with Crippen molar-refractivity contribution in [1.29, 1.82) is 0 Å². The number of hydrogen-bond donors (Lipinski definition) is 3. The third-order valence-electron chi connectivity index (χ3n) is 5.74. The van der Waals surface area contributed by atoms with Crippen LogP contribution in [0.15, 0.2) is 60.7 Å². The van der Waals surface area contributed by atoms with Crippen LogP contribution in [0.5, 0.6) is 0 Å². The quantitative estimate of drug-likeness (QED) is 0.482. The van der Waals surface area contributed by atoms with Gasteiger partial charge in [0.05, 0.1) is 18.0 Å². The largest absolute Gasteiger partial charge is 0.423 e. The maximum absolute atomic E-state index is 12.9. The highest BCUT2D eigenvalue weighted by molar-refractivity contribution is 5.82. The van der Waals surface area contributed by atoms with Crippen molar-refractivity contribution in [3.05, 3.63) is 71.8 Å². The van der Waals surface area contributed by atoms with Gasteiger partial charge in [-0.25, -0.2) is 5.43 Å². The van der Waals surface area contributed by atoms with Gasteiger partial charge in [-0.2, -0.15) is 26.3 Å². The summed E-state index contributed by atoms with van der Waals surface area (Å²) in [5.74, 6) is -0.0677. The minimum Gasteiger partial charge on any atom is -0.356 e. The van der Waals surface area contributed by atoms with Gasteiger partial charge in [-0.05, 0) is 42.3 Å². The first kappa shape index (κ1) is 26.0. The Morgan fingerprint density at radius 2 is 1.78 bits per heavy atom. The van der Waals surface area contributed by atoms with E-state index in [-0.39, 0.29) is 17.5 Å². The molecule has 12 heteroatoms. The van der Waals surface area contributed by atoms with Crippen molar-refractivity contribution in [3.63, 3.8) is 0 Å². The number of para-hydroxylation sites is 1. The van der Waals surface area contributed by atoms with Gasteiger partial charge >= 0.3 is 12.4 Å². The number of halogens is 6. The smallest absolute Gasteiger partial charge is 0.356 e. The Morgan fingerprint density at radius 1 is 1.08 bits per heavy atom. The highest BCUT2D eigenvalue weighted by Crippen LogP contribution is 2.37. The summed E-state index contributed by atoms with van der Waals surface area (Å²) in [4.78, 5) is 11.6. The summed E-state index contributed by atoms with van der Waals surface area (Å²) in [5.41, 5.74) is 4.62. The molecule has 2 aromatic carbocycles. The van der Waals surface area contributed by atoms with E-state index in [9.17, 15) is 31.1 Å². The predicted molar refractivity (Wildman–Crippen MR) is 120 cm³/mol. The lowest BCUT2D eigenvalue weighted by atomic mass is 10.0. The molecule has 2 aliphatic heterocycles. The second-order valence-electron chi connectivity index (χ2n) is 8.84. The fraction of sp³-hybridized carbons (Fsp3) is 0.375. The van der Waals surface area contributed by atoms with Gasteiger partial charge in [-0.3, -0.25) is 15.1 Å². The lowest BCUT2D eigenvalue weighted by Gasteiger charge is -2.31. The predicted octanol–water partition coefficient (Wildman–Crippen LogP) is 4.26. The third-order valence-corrected chi connectivity index (χ3v) is 5.74. The lowest BCUT2D eigenvalue weighted by molar-refractivity contribution is -0.324. The van der Waals surface area contributed by atoms with Crippen molar-refractivity contribution in [2.75, 3.05) is 11.6 Å². The SMILES string of the molecule is CC1(NC2CNC(=O)C2)C=C(c2cccc(COC(C(F)(F)F)C(F)(F)F)c2)N(c2ccccc2)N1. The van der Waals surface area contributed by atoms with Crippen molar-refractivity contribution >= 4 is 17.3 Å². The summed E-state index contributed by atoms with van der Waals surface area (Å²) < 4.78 is 81.4. The monoisotopic (exact) mass is 514 g/mol. The Morgan fingerprint density at radius 3 is 2.39 bits per heavy atom. The first-order chi connectivity index (χ1) is 16.8. The molecule has 0 aliphatic carbocycles. The molecule has 0 aromatic heterocycles. The number of hydrazine groups is 1. The molecule has 2 heterocycles.